The van der Waals surface area contributed by atoms with Crippen molar-refractivity contribution in [2.75, 3.05) is 19.8 Å². The third kappa shape index (κ3) is 3.53. The Morgan fingerprint density at radius 1 is 1.15 bits per heavy atom. The zero-order chi connectivity index (χ0) is 27.8. The average Bonchev–Trinajstić information content (AvgIpc) is 3.06. The van der Waals surface area contributed by atoms with Gasteiger partial charge < -0.3 is 39.4 Å². The summed E-state index contributed by atoms with van der Waals surface area (Å²) in [4.78, 5) is 38.9. The molecule has 0 aromatic carbocycles. The predicted octanol–water partition coefficient (Wildman–Crippen LogP) is -0.131. The molecular weight excluding hydrogens is 512 g/mol. The van der Waals surface area contributed by atoms with Crippen molar-refractivity contribution in [3.63, 3.8) is 0 Å². The summed E-state index contributed by atoms with van der Waals surface area (Å²) in [6.07, 6.45) is 1.66. The first-order chi connectivity index (χ1) is 18.5. The summed E-state index contributed by atoms with van der Waals surface area (Å²) < 4.78 is 23.9. The first kappa shape index (κ1) is 27.0. The van der Waals surface area contributed by atoms with Crippen LogP contribution in [-0.2, 0) is 33.3 Å². The minimum absolute atomic E-state index is 0.0327. The van der Waals surface area contributed by atoms with E-state index in [4.69, 9.17) is 18.9 Å². The number of carbonyl (C=O) groups is 3. The number of fused-ring (bicyclic) bond motifs is 2. The zero-order valence-corrected chi connectivity index (χ0v) is 21.9. The van der Waals surface area contributed by atoms with E-state index in [1.165, 1.54) is 18.2 Å². The molecule has 11 heteroatoms. The predicted molar refractivity (Wildman–Crippen MR) is 131 cm³/mol. The van der Waals surface area contributed by atoms with Gasteiger partial charge in [0.05, 0.1) is 24.9 Å². The lowest BCUT2D eigenvalue weighted by Gasteiger charge is -2.70. The van der Waals surface area contributed by atoms with Crippen LogP contribution in [0.4, 0.5) is 0 Å². The van der Waals surface area contributed by atoms with Crippen LogP contribution in [-0.4, -0.2) is 99.7 Å². The van der Waals surface area contributed by atoms with Crippen LogP contribution in [0.25, 0.3) is 0 Å². The van der Waals surface area contributed by atoms with Gasteiger partial charge >= 0.3 is 11.9 Å². The normalized spacial score (nSPS) is 51.4. The fourth-order valence-electron chi connectivity index (χ4n) is 8.69. The van der Waals surface area contributed by atoms with E-state index in [1.807, 2.05) is 6.92 Å². The number of hydrogen-bond acceptors (Lipinski definition) is 11. The van der Waals surface area contributed by atoms with E-state index in [2.05, 4.69) is 0 Å². The maximum absolute atomic E-state index is 13.2. The highest BCUT2D eigenvalue weighted by Gasteiger charge is 2.82. The zero-order valence-electron chi connectivity index (χ0n) is 21.9. The Bertz CT molecular complexity index is 1130. The summed E-state index contributed by atoms with van der Waals surface area (Å²) in [6, 6.07) is 0. The molecule has 214 valence electrons. The van der Waals surface area contributed by atoms with Crippen molar-refractivity contribution >= 4 is 17.7 Å². The molecule has 7 rings (SSSR count). The Hall–Kier alpha value is -2.15. The first-order valence-electron chi connectivity index (χ1n) is 13.8. The Labute approximate surface area is 225 Å². The smallest absolute Gasteiger partial charge is 0.330 e. The summed E-state index contributed by atoms with van der Waals surface area (Å²) in [5.41, 5.74) is -4.83. The molecule has 4 aliphatic heterocycles. The number of cyclic esters (lactones) is 1. The molecule has 7 aliphatic rings. The second-order valence-corrected chi connectivity index (χ2v) is 12.2. The first-order valence-corrected chi connectivity index (χ1v) is 13.8. The summed E-state index contributed by atoms with van der Waals surface area (Å²) in [6.45, 7) is 0.917. The Morgan fingerprint density at radius 3 is 2.72 bits per heavy atom. The van der Waals surface area contributed by atoms with Gasteiger partial charge in [-0.25, -0.2) is 9.59 Å². The molecule has 0 aromatic rings. The van der Waals surface area contributed by atoms with Gasteiger partial charge in [0, 0.05) is 35.3 Å². The number of Topliss-reactive ketones (excluding diaryl/α,β-unsaturated/α-hetero) is 1. The van der Waals surface area contributed by atoms with Crippen LogP contribution in [0.1, 0.15) is 51.9 Å². The molecule has 1 spiro atoms. The fourth-order valence-corrected chi connectivity index (χ4v) is 8.69. The topological polar surface area (TPSA) is 169 Å². The second kappa shape index (κ2) is 9.19. The molecule has 8 bridgehead atoms. The molecule has 0 amide bonds. The molecule has 0 radical (unpaired) electrons. The second-order valence-electron chi connectivity index (χ2n) is 12.2. The van der Waals surface area contributed by atoms with Gasteiger partial charge in [0.15, 0.2) is 11.4 Å². The van der Waals surface area contributed by atoms with Crippen LogP contribution in [0, 0.1) is 16.7 Å². The molecule has 11 nitrogen and oxygen atoms in total. The van der Waals surface area contributed by atoms with Gasteiger partial charge in [0.1, 0.15) is 31.0 Å². The standard InChI is InChI=1S/C28H36O11/c1-25-19-11-20-28(25,35)12-16-17(30)5-8-26(25,24(16)39-20)14-36-22(33)10-15-6-9-37-27(23(15)34,18(31)13-29)7-3-2-4-21(32)38-19/h2,4,10,16-17,19-20,23-24,29-30,34-35H,3,5-9,11-14H2,1H3/b4-2-,15-10-/t16-,17-,19+,20+,23+,24+,25?,26+,27+,28-/m0/s1. The maximum atomic E-state index is 13.2. The highest BCUT2D eigenvalue weighted by atomic mass is 16.6. The van der Waals surface area contributed by atoms with Crippen LogP contribution in [0.3, 0.4) is 0 Å². The number of carbonyl (C=O) groups excluding carboxylic acids is 3. The monoisotopic (exact) mass is 548 g/mol. The Morgan fingerprint density at radius 2 is 1.95 bits per heavy atom. The minimum atomic E-state index is -1.77. The van der Waals surface area contributed by atoms with Crippen molar-refractivity contribution in [3.05, 3.63) is 23.8 Å². The quantitative estimate of drug-likeness (QED) is 0.339. The summed E-state index contributed by atoms with van der Waals surface area (Å²) >= 11 is 0. The van der Waals surface area contributed by atoms with Crippen LogP contribution in [0.15, 0.2) is 23.8 Å². The van der Waals surface area contributed by atoms with E-state index >= 15 is 0 Å². The molecule has 4 heterocycles. The van der Waals surface area contributed by atoms with Crippen LogP contribution < -0.4 is 0 Å². The van der Waals surface area contributed by atoms with E-state index in [9.17, 15) is 34.8 Å². The van der Waals surface area contributed by atoms with Gasteiger partial charge in [-0.2, -0.15) is 0 Å². The van der Waals surface area contributed by atoms with Gasteiger partial charge in [0.25, 0.3) is 0 Å². The highest BCUT2D eigenvalue weighted by Crippen LogP contribution is 2.73. The average molecular weight is 549 g/mol. The lowest BCUT2D eigenvalue weighted by Crippen LogP contribution is -2.78. The van der Waals surface area contributed by atoms with Gasteiger partial charge in [-0.15, -0.1) is 0 Å². The largest absolute Gasteiger partial charge is 0.462 e. The number of rotatable bonds is 2. The fraction of sp³-hybridized carbons (Fsp3) is 0.750. The number of ketones is 1. The van der Waals surface area contributed by atoms with E-state index in [-0.39, 0.29) is 50.4 Å². The lowest BCUT2D eigenvalue weighted by atomic mass is 9.41. The molecule has 6 fully saturated rings. The molecule has 3 saturated carbocycles. The van der Waals surface area contributed by atoms with Crippen molar-refractivity contribution in [1.29, 1.82) is 0 Å². The summed E-state index contributed by atoms with van der Waals surface area (Å²) in [7, 11) is 0. The molecule has 3 aliphatic carbocycles. The van der Waals surface area contributed by atoms with Gasteiger partial charge in [-0.3, -0.25) is 4.79 Å². The molecule has 3 saturated heterocycles. The number of esters is 2. The van der Waals surface area contributed by atoms with Gasteiger partial charge in [0.2, 0.25) is 0 Å². The van der Waals surface area contributed by atoms with E-state index in [0.29, 0.717) is 19.3 Å². The van der Waals surface area contributed by atoms with Gasteiger partial charge in [-0.05, 0) is 44.1 Å². The number of allylic oxidation sites excluding steroid dienone is 1. The third-order valence-electron chi connectivity index (χ3n) is 10.8. The van der Waals surface area contributed by atoms with Crippen molar-refractivity contribution in [2.45, 2.75) is 93.6 Å². The molecule has 39 heavy (non-hydrogen) atoms. The van der Waals surface area contributed by atoms with Crippen LogP contribution in [0.2, 0.25) is 0 Å². The van der Waals surface area contributed by atoms with Crippen molar-refractivity contribution in [3.8, 4) is 0 Å². The molecule has 4 N–H and O–H groups in total. The molecular formula is C28H36O11. The van der Waals surface area contributed by atoms with Gasteiger partial charge in [-0.1, -0.05) is 13.0 Å². The summed E-state index contributed by atoms with van der Waals surface area (Å²) in [5, 5.41) is 43.6. The van der Waals surface area contributed by atoms with Crippen molar-refractivity contribution in [2.24, 2.45) is 16.7 Å². The maximum Gasteiger partial charge on any atom is 0.330 e. The molecule has 1 unspecified atom stereocenters. The third-order valence-corrected chi connectivity index (χ3v) is 10.8. The van der Waals surface area contributed by atoms with Crippen molar-refractivity contribution < 1.29 is 53.8 Å². The van der Waals surface area contributed by atoms with Crippen LogP contribution in [0.5, 0.6) is 0 Å². The number of aliphatic hydroxyl groups excluding tert-OH is 3. The van der Waals surface area contributed by atoms with E-state index < -0.39 is 76.9 Å². The van der Waals surface area contributed by atoms with Crippen molar-refractivity contribution in [1.82, 2.24) is 0 Å². The molecule has 0 aromatic heterocycles. The number of aliphatic hydroxyl groups is 4. The number of ether oxygens (including phenoxy) is 4. The minimum Gasteiger partial charge on any atom is -0.462 e. The molecule has 10 atom stereocenters. The lowest BCUT2D eigenvalue weighted by molar-refractivity contribution is -0.367. The summed E-state index contributed by atoms with van der Waals surface area (Å²) in [5.74, 6) is -2.45. The highest BCUT2D eigenvalue weighted by molar-refractivity contribution is 5.90. The van der Waals surface area contributed by atoms with E-state index in [0.717, 1.165) is 0 Å². The van der Waals surface area contributed by atoms with Crippen LogP contribution >= 0.6 is 0 Å². The number of hydrogen-bond donors (Lipinski definition) is 4. The Balaban J connectivity index is 1.41. The SMILES string of the molecule is CC12[C@H]3C[C@H]4O[C@@H]5[C@@H](C[C@]41O)[C@@H](O)CC[C@@]52COC(=O)/C=C1/CCO[C@@](C(=O)CO)(CC/C=C\C(=O)O3)[C@@H]1O. The van der Waals surface area contributed by atoms with E-state index in [1.54, 1.807) is 0 Å². The Kier molecular flexibility index (Phi) is 6.37.